The molecule has 2 rings (SSSR count). The molecule has 106 valence electrons. The predicted molar refractivity (Wildman–Crippen MR) is 81.5 cm³/mol. The highest BCUT2D eigenvalue weighted by Crippen LogP contribution is 2.12. The summed E-state index contributed by atoms with van der Waals surface area (Å²) in [6.07, 6.45) is 3.89. The Bertz CT molecular complexity index is 528. The molecule has 2 aromatic rings. The van der Waals surface area contributed by atoms with Crippen molar-refractivity contribution in [2.75, 3.05) is 6.54 Å². The van der Waals surface area contributed by atoms with Gasteiger partial charge < -0.3 is 10.4 Å². The molecule has 0 aliphatic heterocycles. The molecule has 1 aromatic heterocycles. The highest BCUT2D eigenvalue weighted by molar-refractivity contribution is 5.26. The smallest absolute Gasteiger partial charge is 0.0915 e. The number of nitrogens with one attached hydrogen (secondary N) is 1. The van der Waals surface area contributed by atoms with Crippen LogP contribution in [0.2, 0.25) is 0 Å². The second kappa shape index (κ2) is 7.17. The van der Waals surface area contributed by atoms with E-state index in [2.05, 4.69) is 48.4 Å². The molecule has 0 radical (unpaired) electrons. The van der Waals surface area contributed by atoms with Crippen molar-refractivity contribution in [3.8, 4) is 0 Å². The van der Waals surface area contributed by atoms with Crippen molar-refractivity contribution in [1.82, 2.24) is 10.3 Å². The van der Waals surface area contributed by atoms with E-state index < -0.39 is 6.10 Å². The van der Waals surface area contributed by atoms with Crippen molar-refractivity contribution in [2.24, 2.45) is 0 Å². The quantitative estimate of drug-likeness (QED) is 0.848. The molecule has 0 saturated heterocycles. The molecule has 3 heteroatoms. The molecule has 0 amide bonds. The minimum atomic E-state index is -0.489. The van der Waals surface area contributed by atoms with Crippen LogP contribution in [0.4, 0.5) is 0 Å². The van der Waals surface area contributed by atoms with Crippen molar-refractivity contribution in [3.05, 3.63) is 65.5 Å². The summed E-state index contributed by atoms with van der Waals surface area (Å²) in [7, 11) is 0. The monoisotopic (exact) mass is 270 g/mol. The normalized spacial score (nSPS) is 13.9. The van der Waals surface area contributed by atoms with Gasteiger partial charge >= 0.3 is 0 Å². The van der Waals surface area contributed by atoms with Crippen molar-refractivity contribution in [3.63, 3.8) is 0 Å². The summed E-state index contributed by atoms with van der Waals surface area (Å²) in [6.45, 7) is 4.83. The van der Waals surface area contributed by atoms with Crippen LogP contribution in [0.15, 0.2) is 48.8 Å². The Morgan fingerprint density at radius 1 is 1.15 bits per heavy atom. The molecular formula is C17H22N2O. The summed E-state index contributed by atoms with van der Waals surface area (Å²) in [6, 6.07) is 12.4. The Balaban J connectivity index is 1.84. The van der Waals surface area contributed by atoms with Gasteiger partial charge in [0.05, 0.1) is 6.10 Å². The van der Waals surface area contributed by atoms with E-state index in [1.165, 1.54) is 11.1 Å². The number of pyridine rings is 1. The Morgan fingerprint density at radius 2 is 1.85 bits per heavy atom. The van der Waals surface area contributed by atoms with Crippen LogP contribution in [0, 0.1) is 6.92 Å². The topological polar surface area (TPSA) is 45.1 Å². The molecule has 2 unspecified atom stereocenters. The van der Waals surface area contributed by atoms with E-state index in [1.807, 2.05) is 12.1 Å². The number of aliphatic hydroxyl groups is 1. The number of rotatable bonds is 6. The molecule has 2 atom stereocenters. The third-order valence-corrected chi connectivity index (χ3v) is 3.54. The number of aryl methyl sites for hydroxylation is 1. The minimum absolute atomic E-state index is 0.326. The first-order valence-electron chi connectivity index (χ1n) is 7.02. The molecule has 2 N–H and O–H groups in total. The maximum absolute atomic E-state index is 10.1. The van der Waals surface area contributed by atoms with E-state index in [0.29, 0.717) is 12.6 Å². The highest BCUT2D eigenvalue weighted by Gasteiger charge is 2.10. The first kappa shape index (κ1) is 14.7. The fraction of sp³-hybridized carbons (Fsp3) is 0.353. The lowest BCUT2D eigenvalue weighted by Gasteiger charge is -2.18. The van der Waals surface area contributed by atoms with Crippen molar-refractivity contribution < 1.29 is 5.11 Å². The molecule has 1 aromatic carbocycles. The molecular weight excluding hydrogens is 248 g/mol. The van der Waals surface area contributed by atoms with Gasteiger partial charge in [-0.05, 0) is 49.1 Å². The summed E-state index contributed by atoms with van der Waals surface area (Å²) >= 11 is 0. The SMILES string of the molecule is Cc1ccccc1CC(C)NCC(O)c1ccncc1. The van der Waals surface area contributed by atoms with E-state index >= 15 is 0 Å². The Morgan fingerprint density at radius 3 is 2.55 bits per heavy atom. The van der Waals surface area contributed by atoms with Gasteiger partial charge in [0.2, 0.25) is 0 Å². The summed E-state index contributed by atoms with van der Waals surface area (Å²) in [5.41, 5.74) is 3.57. The number of hydrogen-bond donors (Lipinski definition) is 2. The van der Waals surface area contributed by atoms with Crippen LogP contribution in [0.3, 0.4) is 0 Å². The van der Waals surface area contributed by atoms with Crippen LogP contribution in [0.1, 0.15) is 29.7 Å². The second-order valence-electron chi connectivity index (χ2n) is 5.24. The standard InChI is InChI=1S/C17H22N2O/c1-13-5-3-4-6-16(13)11-14(2)19-12-17(20)15-7-9-18-10-8-15/h3-10,14,17,19-20H,11-12H2,1-2H3. The molecule has 20 heavy (non-hydrogen) atoms. The number of aromatic nitrogens is 1. The van der Waals surface area contributed by atoms with Crippen LogP contribution in [-0.4, -0.2) is 22.7 Å². The average molecular weight is 270 g/mol. The van der Waals surface area contributed by atoms with Crippen molar-refractivity contribution >= 4 is 0 Å². The van der Waals surface area contributed by atoms with E-state index in [9.17, 15) is 5.11 Å². The zero-order valence-corrected chi connectivity index (χ0v) is 12.1. The van der Waals surface area contributed by atoms with Crippen LogP contribution in [0.25, 0.3) is 0 Å². The molecule has 3 nitrogen and oxygen atoms in total. The fourth-order valence-corrected chi connectivity index (χ4v) is 2.26. The highest BCUT2D eigenvalue weighted by atomic mass is 16.3. The summed E-state index contributed by atoms with van der Waals surface area (Å²) in [5.74, 6) is 0. The van der Waals surface area contributed by atoms with Crippen LogP contribution in [0.5, 0.6) is 0 Å². The van der Waals surface area contributed by atoms with E-state index in [1.54, 1.807) is 12.4 Å². The maximum Gasteiger partial charge on any atom is 0.0915 e. The van der Waals surface area contributed by atoms with Crippen LogP contribution >= 0.6 is 0 Å². The van der Waals surface area contributed by atoms with Gasteiger partial charge in [0, 0.05) is 25.0 Å². The lowest BCUT2D eigenvalue weighted by molar-refractivity contribution is 0.170. The lowest BCUT2D eigenvalue weighted by atomic mass is 10.0. The molecule has 1 heterocycles. The van der Waals surface area contributed by atoms with Gasteiger partial charge in [0.1, 0.15) is 0 Å². The third-order valence-electron chi connectivity index (χ3n) is 3.54. The number of benzene rings is 1. The Kier molecular flexibility index (Phi) is 5.27. The maximum atomic E-state index is 10.1. The van der Waals surface area contributed by atoms with Gasteiger partial charge in [-0.1, -0.05) is 24.3 Å². The third kappa shape index (κ3) is 4.15. The zero-order chi connectivity index (χ0) is 14.4. The molecule has 0 aliphatic rings. The lowest BCUT2D eigenvalue weighted by Crippen LogP contribution is -2.32. The van der Waals surface area contributed by atoms with E-state index in [4.69, 9.17) is 0 Å². The minimum Gasteiger partial charge on any atom is -0.387 e. The van der Waals surface area contributed by atoms with Gasteiger partial charge in [-0.15, -0.1) is 0 Å². The first-order chi connectivity index (χ1) is 9.66. The number of nitrogens with zero attached hydrogens (tertiary/aromatic N) is 1. The predicted octanol–water partition coefficient (Wildman–Crippen LogP) is 2.64. The van der Waals surface area contributed by atoms with Gasteiger partial charge in [-0.2, -0.15) is 0 Å². The summed E-state index contributed by atoms with van der Waals surface area (Å²) < 4.78 is 0. The molecule has 0 spiro atoms. The van der Waals surface area contributed by atoms with Gasteiger partial charge in [-0.25, -0.2) is 0 Å². The first-order valence-corrected chi connectivity index (χ1v) is 7.02. The van der Waals surface area contributed by atoms with E-state index in [-0.39, 0.29) is 0 Å². The zero-order valence-electron chi connectivity index (χ0n) is 12.1. The summed E-state index contributed by atoms with van der Waals surface area (Å²) in [5, 5.41) is 13.5. The van der Waals surface area contributed by atoms with Gasteiger partial charge in [0.25, 0.3) is 0 Å². The Labute approximate surface area is 120 Å². The second-order valence-corrected chi connectivity index (χ2v) is 5.24. The molecule has 0 saturated carbocycles. The van der Waals surface area contributed by atoms with Crippen molar-refractivity contribution in [2.45, 2.75) is 32.4 Å². The summed E-state index contributed by atoms with van der Waals surface area (Å²) in [4.78, 5) is 3.96. The van der Waals surface area contributed by atoms with E-state index in [0.717, 1.165) is 12.0 Å². The fourth-order valence-electron chi connectivity index (χ4n) is 2.26. The van der Waals surface area contributed by atoms with Crippen molar-refractivity contribution in [1.29, 1.82) is 0 Å². The molecule has 0 fully saturated rings. The molecule has 0 aliphatic carbocycles. The number of hydrogen-bond acceptors (Lipinski definition) is 3. The molecule has 0 bridgehead atoms. The van der Waals surface area contributed by atoms with Crippen LogP contribution in [-0.2, 0) is 6.42 Å². The van der Waals surface area contributed by atoms with Gasteiger partial charge in [-0.3, -0.25) is 4.98 Å². The largest absolute Gasteiger partial charge is 0.387 e. The van der Waals surface area contributed by atoms with Gasteiger partial charge in [0.15, 0.2) is 0 Å². The average Bonchev–Trinajstić information content (AvgIpc) is 2.48. The number of aliphatic hydroxyl groups excluding tert-OH is 1. The van der Waals surface area contributed by atoms with Crippen LogP contribution < -0.4 is 5.32 Å². The Hall–Kier alpha value is -1.71.